The molecule has 3 N–H and O–H groups in total. The maximum absolute atomic E-state index is 10.1. The number of benzene rings is 1. The zero-order valence-corrected chi connectivity index (χ0v) is 16.2. The molecular weight excluding hydrogens is 322 g/mol. The highest BCUT2D eigenvalue weighted by molar-refractivity contribution is 7.99. The van der Waals surface area contributed by atoms with Gasteiger partial charge in [-0.3, -0.25) is 4.99 Å². The van der Waals surface area contributed by atoms with Crippen LogP contribution in [0.15, 0.2) is 29.3 Å². The predicted molar refractivity (Wildman–Crippen MR) is 104 cm³/mol. The van der Waals surface area contributed by atoms with Gasteiger partial charge in [-0.15, -0.1) is 0 Å². The largest absolute Gasteiger partial charge is 0.491 e. The van der Waals surface area contributed by atoms with Gasteiger partial charge in [-0.1, -0.05) is 12.1 Å². The van der Waals surface area contributed by atoms with Crippen LogP contribution in [0.5, 0.6) is 5.75 Å². The Hall–Kier alpha value is -1.40. The quantitative estimate of drug-likeness (QED) is 0.470. The molecule has 136 valence electrons. The van der Waals surface area contributed by atoms with Gasteiger partial charge in [0.15, 0.2) is 5.96 Å². The minimum Gasteiger partial charge on any atom is -0.491 e. The Morgan fingerprint density at radius 1 is 1.38 bits per heavy atom. The summed E-state index contributed by atoms with van der Waals surface area (Å²) in [6, 6.07) is 7.80. The van der Waals surface area contributed by atoms with Crippen LogP contribution in [0.3, 0.4) is 0 Å². The highest BCUT2D eigenvalue weighted by atomic mass is 32.2. The first kappa shape index (κ1) is 20.6. The van der Waals surface area contributed by atoms with Crippen molar-refractivity contribution in [2.75, 3.05) is 32.5 Å². The molecule has 24 heavy (non-hydrogen) atoms. The van der Waals surface area contributed by atoms with Gasteiger partial charge in [0.1, 0.15) is 18.5 Å². The minimum atomic E-state index is -0.608. The summed E-state index contributed by atoms with van der Waals surface area (Å²) in [6.45, 7) is 10.5. The lowest BCUT2D eigenvalue weighted by molar-refractivity contribution is 0.110. The smallest absolute Gasteiger partial charge is 0.191 e. The fourth-order valence-corrected chi connectivity index (χ4v) is 2.04. The van der Waals surface area contributed by atoms with Crippen molar-refractivity contribution in [1.82, 2.24) is 10.6 Å². The number of nitrogens with one attached hydrogen (secondary N) is 2. The van der Waals surface area contributed by atoms with E-state index >= 15 is 0 Å². The third-order valence-corrected chi connectivity index (χ3v) is 4.69. The second-order valence-corrected chi connectivity index (χ2v) is 7.83. The molecular formula is C18H31N3O2S. The summed E-state index contributed by atoms with van der Waals surface area (Å²) in [4.78, 5) is 4.58. The number of ether oxygens (including phenoxy) is 1. The molecule has 0 radical (unpaired) electrons. The maximum atomic E-state index is 10.1. The first-order valence-corrected chi connectivity index (χ1v) is 9.53. The molecule has 1 atom stereocenters. The normalized spacial score (nSPS) is 13.5. The lowest BCUT2D eigenvalue weighted by Gasteiger charge is -2.21. The Bertz CT molecular complexity index is 521. The molecule has 1 aromatic rings. The summed E-state index contributed by atoms with van der Waals surface area (Å²) in [5.41, 5.74) is 1.14. The van der Waals surface area contributed by atoms with Crippen LogP contribution in [-0.4, -0.2) is 54.4 Å². The summed E-state index contributed by atoms with van der Waals surface area (Å²) in [6.07, 6.45) is 1.48. The molecule has 0 aliphatic carbocycles. The van der Waals surface area contributed by atoms with Crippen LogP contribution < -0.4 is 15.4 Å². The third kappa shape index (κ3) is 8.45. The molecule has 0 spiro atoms. The van der Waals surface area contributed by atoms with Gasteiger partial charge in [0.2, 0.25) is 0 Å². The van der Waals surface area contributed by atoms with E-state index in [1.807, 2.05) is 38.1 Å². The van der Waals surface area contributed by atoms with Crippen molar-refractivity contribution in [3.05, 3.63) is 29.8 Å². The SMILES string of the molecule is CCNC(=NCC(C)(C)SC)NCC(O)COc1cccc(C)c1. The molecule has 1 aromatic carbocycles. The number of aliphatic hydroxyl groups is 1. The second-order valence-electron chi connectivity index (χ2n) is 6.32. The Labute approximate surface area is 150 Å². The molecule has 0 saturated heterocycles. The van der Waals surface area contributed by atoms with E-state index in [0.717, 1.165) is 17.9 Å². The van der Waals surface area contributed by atoms with E-state index in [1.54, 1.807) is 11.8 Å². The molecule has 0 aromatic heterocycles. The van der Waals surface area contributed by atoms with Crippen LogP contribution >= 0.6 is 11.8 Å². The van der Waals surface area contributed by atoms with Gasteiger partial charge >= 0.3 is 0 Å². The molecule has 5 nitrogen and oxygen atoms in total. The Morgan fingerprint density at radius 3 is 2.75 bits per heavy atom. The van der Waals surface area contributed by atoms with Gasteiger partial charge in [0.05, 0.1) is 6.54 Å². The summed E-state index contributed by atoms with van der Waals surface area (Å²) in [7, 11) is 0. The van der Waals surface area contributed by atoms with Crippen molar-refractivity contribution in [3.63, 3.8) is 0 Å². The maximum Gasteiger partial charge on any atom is 0.191 e. The standard InChI is InChI=1S/C18H31N3O2S/c1-6-19-17(21-13-18(3,4)24-5)20-11-15(22)12-23-16-9-7-8-14(2)10-16/h7-10,15,22H,6,11-13H2,1-5H3,(H2,19,20,21). The molecule has 1 rings (SSSR count). The minimum absolute atomic E-state index is 0.0925. The monoisotopic (exact) mass is 353 g/mol. The van der Waals surface area contributed by atoms with Crippen LogP contribution in [0.25, 0.3) is 0 Å². The van der Waals surface area contributed by atoms with Gasteiger partial charge in [0, 0.05) is 17.8 Å². The lowest BCUT2D eigenvalue weighted by atomic mass is 10.2. The van der Waals surface area contributed by atoms with Crippen molar-refractivity contribution in [2.45, 2.75) is 38.5 Å². The molecule has 0 heterocycles. The number of aryl methyl sites for hydroxylation is 1. The molecule has 6 heteroatoms. The lowest BCUT2D eigenvalue weighted by Crippen LogP contribution is -2.43. The summed E-state index contributed by atoms with van der Waals surface area (Å²) < 4.78 is 5.71. The van der Waals surface area contributed by atoms with Crippen molar-refractivity contribution in [1.29, 1.82) is 0 Å². The van der Waals surface area contributed by atoms with Crippen molar-refractivity contribution in [2.24, 2.45) is 4.99 Å². The van der Waals surface area contributed by atoms with Crippen LogP contribution in [0.4, 0.5) is 0 Å². The fraction of sp³-hybridized carbons (Fsp3) is 0.611. The van der Waals surface area contributed by atoms with E-state index < -0.39 is 6.10 Å². The van der Waals surface area contributed by atoms with Gasteiger partial charge in [0.25, 0.3) is 0 Å². The van der Waals surface area contributed by atoms with E-state index in [1.165, 1.54) is 0 Å². The topological polar surface area (TPSA) is 65.9 Å². The Morgan fingerprint density at radius 2 is 2.12 bits per heavy atom. The van der Waals surface area contributed by atoms with Crippen LogP contribution in [-0.2, 0) is 0 Å². The number of aliphatic hydroxyl groups excluding tert-OH is 1. The van der Waals surface area contributed by atoms with E-state index in [2.05, 4.69) is 35.7 Å². The number of hydrogen-bond acceptors (Lipinski definition) is 4. The molecule has 0 saturated carbocycles. The zero-order valence-electron chi connectivity index (χ0n) is 15.4. The number of aliphatic imine (C=N–C) groups is 1. The van der Waals surface area contributed by atoms with Gasteiger partial charge in [-0.05, 0) is 51.6 Å². The number of thioether (sulfide) groups is 1. The summed E-state index contributed by atoms with van der Waals surface area (Å²) in [5, 5.41) is 16.5. The number of nitrogens with zero attached hydrogens (tertiary/aromatic N) is 1. The Kier molecular flexibility index (Phi) is 9.00. The van der Waals surface area contributed by atoms with E-state index in [0.29, 0.717) is 19.0 Å². The van der Waals surface area contributed by atoms with E-state index in [9.17, 15) is 5.11 Å². The molecule has 0 bridgehead atoms. The Balaban J connectivity index is 2.43. The van der Waals surface area contributed by atoms with Gasteiger partial charge in [-0.2, -0.15) is 11.8 Å². The van der Waals surface area contributed by atoms with Crippen molar-refractivity contribution >= 4 is 17.7 Å². The fourth-order valence-electron chi connectivity index (χ4n) is 1.85. The zero-order chi connectivity index (χ0) is 18.0. The average molecular weight is 354 g/mol. The summed E-state index contributed by atoms with van der Waals surface area (Å²) in [5.74, 6) is 1.49. The van der Waals surface area contributed by atoms with Gasteiger partial charge < -0.3 is 20.5 Å². The van der Waals surface area contributed by atoms with E-state index in [-0.39, 0.29) is 11.4 Å². The second kappa shape index (κ2) is 10.5. The molecule has 0 amide bonds. The number of rotatable bonds is 9. The molecule has 1 unspecified atom stereocenters. The van der Waals surface area contributed by atoms with E-state index in [4.69, 9.17) is 4.74 Å². The average Bonchev–Trinajstić information content (AvgIpc) is 2.55. The highest BCUT2D eigenvalue weighted by Crippen LogP contribution is 2.20. The van der Waals surface area contributed by atoms with Crippen molar-refractivity contribution < 1.29 is 9.84 Å². The molecule has 0 aliphatic rings. The predicted octanol–water partition coefficient (Wildman–Crippen LogP) is 2.43. The third-order valence-electron chi connectivity index (χ3n) is 3.45. The van der Waals surface area contributed by atoms with Crippen molar-refractivity contribution in [3.8, 4) is 5.75 Å². The highest BCUT2D eigenvalue weighted by Gasteiger charge is 2.15. The number of hydrogen-bond donors (Lipinski definition) is 3. The molecule has 0 aliphatic heterocycles. The number of guanidine groups is 1. The van der Waals surface area contributed by atoms with Crippen LogP contribution in [0.1, 0.15) is 26.3 Å². The molecule has 0 fully saturated rings. The summed E-state index contributed by atoms with van der Waals surface area (Å²) >= 11 is 1.79. The van der Waals surface area contributed by atoms with Crippen LogP contribution in [0, 0.1) is 6.92 Å². The van der Waals surface area contributed by atoms with Gasteiger partial charge in [-0.25, -0.2) is 0 Å². The first-order valence-electron chi connectivity index (χ1n) is 8.31. The first-order chi connectivity index (χ1) is 11.4. The van der Waals surface area contributed by atoms with Crippen LogP contribution in [0.2, 0.25) is 0 Å².